The van der Waals surface area contributed by atoms with Crippen molar-refractivity contribution in [1.29, 1.82) is 0 Å². The smallest absolute Gasteiger partial charge is 0.411 e. The highest BCUT2D eigenvalue weighted by molar-refractivity contribution is 5.86. The second kappa shape index (κ2) is 12.6. The number of hydrogen-bond donors (Lipinski definition) is 1. The lowest BCUT2D eigenvalue weighted by atomic mass is 10.2. The van der Waals surface area contributed by atoms with E-state index in [1.165, 1.54) is 25.7 Å². The van der Waals surface area contributed by atoms with E-state index in [2.05, 4.69) is 29.1 Å². The Labute approximate surface area is 163 Å². The zero-order chi connectivity index (χ0) is 19.3. The molecule has 0 spiro atoms. The lowest BCUT2D eigenvalue weighted by Crippen LogP contribution is -2.45. The number of para-hydroxylation sites is 2. The van der Waals surface area contributed by atoms with Gasteiger partial charge in [-0.1, -0.05) is 44.7 Å². The number of rotatable bonds is 11. The monoisotopic (exact) mass is 377 g/mol. The summed E-state index contributed by atoms with van der Waals surface area (Å²) in [5, 5.41) is 2.80. The number of carbonyl (C=O) groups is 1. The average molecular weight is 378 g/mol. The first kappa shape index (κ1) is 21.5. The van der Waals surface area contributed by atoms with Crippen molar-refractivity contribution in [2.75, 3.05) is 58.3 Å². The molecule has 1 aliphatic rings. The summed E-state index contributed by atoms with van der Waals surface area (Å²) in [7, 11) is 2.13. The summed E-state index contributed by atoms with van der Waals surface area (Å²) in [5.41, 5.74) is 0.663. The Morgan fingerprint density at radius 2 is 1.78 bits per heavy atom. The Balaban J connectivity index is 1.67. The molecule has 6 heteroatoms. The molecule has 1 amide bonds. The van der Waals surface area contributed by atoms with Crippen LogP contribution in [0.25, 0.3) is 0 Å². The summed E-state index contributed by atoms with van der Waals surface area (Å²) in [6.45, 7) is 8.23. The standard InChI is InChI=1S/C21H35N3O3/c1-3-4-5-6-9-17-26-20-11-8-7-10-19(20)22-21(25)27-18-16-24-14-12-23(2)13-15-24/h7-8,10-11H,3-6,9,12-18H2,1-2H3,(H,22,25). The zero-order valence-electron chi connectivity index (χ0n) is 16.9. The van der Waals surface area contributed by atoms with Gasteiger partial charge in [-0.25, -0.2) is 4.79 Å². The Kier molecular flexibility index (Phi) is 10.0. The number of piperazine rings is 1. The minimum atomic E-state index is -0.428. The first-order valence-electron chi connectivity index (χ1n) is 10.3. The van der Waals surface area contributed by atoms with E-state index in [4.69, 9.17) is 9.47 Å². The molecule has 0 unspecified atom stereocenters. The van der Waals surface area contributed by atoms with Gasteiger partial charge < -0.3 is 14.4 Å². The number of amides is 1. The summed E-state index contributed by atoms with van der Waals surface area (Å²) < 4.78 is 11.2. The molecule has 2 rings (SSSR count). The van der Waals surface area contributed by atoms with Gasteiger partial charge >= 0.3 is 6.09 Å². The van der Waals surface area contributed by atoms with E-state index in [0.717, 1.165) is 39.1 Å². The van der Waals surface area contributed by atoms with Crippen LogP contribution in [0.5, 0.6) is 5.75 Å². The molecule has 0 atom stereocenters. The van der Waals surface area contributed by atoms with Gasteiger partial charge in [0.25, 0.3) is 0 Å². The molecule has 1 N–H and O–H groups in total. The number of nitrogens with one attached hydrogen (secondary N) is 1. The molecular weight excluding hydrogens is 342 g/mol. The molecule has 27 heavy (non-hydrogen) atoms. The quantitative estimate of drug-likeness (QED) is 0.594. The van der Waals surface area contributed by atoms with Crippen molar-refractivity contribution in [3.63, 3.8) is 0 Å². The zero-order valence-corrected chi connectivity index (χ0v) is 16.9. The van der Waals surface area contributed by atoms with Gasteiger partial charge in [-0.2, -0.15) is 0 Å². The van der Waals surface area contributed by atoms with Gasteiger partial charge in [0.2, 0.25) is 0 Å². The van der Waals surface area contributed by atoms with Crippen molar-refractivity contribution in [3.8, 4) is 5.75 Å². The number of benzene rings is 1. The predicted octanol–water partition coefficient (Wildman–Crippen LogP) is 3.83. The van der Waals surface area contributed by atoms with Crippen LogP contribution in [0.15, 0.2) is 24.3 Å². The average Bonchev–Trinajstić information content (AvgIpc) is 2.67. The van der Waals surface area contributed by atoms with E-state index in [-0.39, 0.29) is 0 Å². The Hall–Kier alpha value is -1.79. The molecule has 6 nitrogen and oxygen atoms in total. The minimum absolute atomic E-state index is 0.399. The Bertz CT molecular complexity index is 545. The van der Waals surface area contributed by atoms with Crippen LogP contribution < -0.4 is 10.1 Å². The predicted molar refractivity (Wildman–Crippen MR) is 110 cm³/mol. The van der Waals surface area contributed by atoms with E-state index >= 15 is 0 Å². The maximum atomic E-state index is 12.1. The Morgan fingerprint density at radius 3 is 2.56 bits per heavy atom. The normalized spacial score (nSPS) is 15.5. The van der Waals surface area contributed by atoms with Gasteiger partial charge in [-0.3, -0.25) is 10.2 Å². The van der Waals surface area contributed by atoms with Crippen LogP contribution in [-0.4, -0.2) is 68.9 Å². The molecule has 1 heterocycles. The highest BCUT2D eigenvalue weighted by Crippen LogP contribution is 2.24. The van der Waals surface area contributed by atoms with Crippen molar-refractivity contribution in [1.82, 2.24) is 9.80 Å². The number of ether oxygens (including phenoxy) is 2. The van der Waals surface area contributed by atoms with Gasteiger partial charge in [0.05, 0.1) is 12.3 Å². The van der Waals surface area contributed by atoms with Gasteiger partial charge in [0.1, 0.15) is 12.4 Å². The lowest BCUT2D eigenvalue weighted by Gasteiger charge is -2.32. The fraction of sp³-hybridized carbons (Fsp3) is 0.667. The third-order valence-electron chi connectivity index (χ3n) is 4.87. The van der Waals surface area contributed by atoms with E-state index in [0.29, 0.717) is 24.7 Å². The third-order valence-corrected chi connectivity index (χ3v) is 4.87. The van der Waals surface area contributed by atoms with Crippen LogP contribution in [0.1, 0.15) is 39.0 Å². The molecule has 1 fully saturated rings. The molecule has 1 aromatic carbocycles. The summed E-state index contributed by atoms with van der Waals surface area (Å²) >= 11 is 0. The number of likely N-dealkylation sites (N-methyl/N-ethyl adjacent to an activating group) is 1. The van der Waals surface area contributed by atoms with Crippen molar-refractivity contribution in [3.05, 3.63) is 24.3 Å². The van der Waals surface area contributed by atoms with Crippen LogP contribution in [0.2, 0.25) is 0 Å². The molecule has 0 bridgehead atoms. The second-order valence-corrected chi connectivity index (χ2v) is 7.16. The van der Waals surface area contributed by atoms with Crippen molar-refractivity contribution >= 4 is 11.8 Å². The van der Waals surface area contributed by atoms with Crippen LogP contribution in [-0.2, 0) is 4.74 Å². The van der Waals surface area contributed by atoms with Crippen LogP contribution in [0, 0.1) is 0 Å². The Morgan fingerprint density at radius 1 is 1.04 bits per heavy atom. The summed E-state index contributed by atoms with van der Waals surface area (Å²) in [6.07, 6.45) is 5.55. The third kappa shape index (κ3) is 8.63. The van der Waals surface area contributed by atoms with Gasteiger partial charge in [0.15, 0.2) is 0 Å². The number of anilines is 1. The van der Waals surface area contributed by atoms with Crippen molar-refractivity contribution in [2.45, 2.75) is 39.0 Å². The molecular formula is C21H35N3O3. The van der Waals surface area contributed by atoms with Crippen LogP contribution in [0.3, 0.4) is 0 Å². The second-order valence-electron chi connectivity index (χ2n) is 7.16. The highest BCUT2D eigenvalue weighted by atomic mass is 16.5. The molecule has 0 radical (unpaired) electrons. The van der Waals surface area contributed by atoms with Crippen LogP contribution in [0.4, 0.5) is 10.5 Å². The fourth-order valence-corrected chi connectivity index (χ4v) is 3.07. The lowest BCUT2D eigenvalue weighted by molar-refractivity contribution is 0.111. The van der Waals surface area contributed by atoms with E-state index in [9.17, 15) is 4.79 Å². The molecule has 1 saturated heterocycles. The van der Waals surface area contributed by atoms with E-state index in [1.807, 2.05) is 24.3 Å². The number of unbranched alkanes of at least 4 members (excludes halogenated alkanes) is 4. The summed E-state index contributed by atoms with van der Waals surface area (Å²) in [4.78, 5) is 16.7. The maximum Gasteiger partial charge on any atom is 0.411 e. The van der Waals surface area contributed by atoms with Crippen molar-refractivity contribution in [2.24, 2.45) is 0 Å². The molecule has 0 saturated carbocycles. The van der Waals surface area contributed by atoms with E-state index < -0.39 is 6.09 Å². The fourth-order valence-electron chi connectivity index (χ4n) is 3.07. The number of carbonyl (C=O) groups excluding carboxylic acids is 1. The summed E-state index contributed by atoms with van der Waals surface area (Å²) in [6, 6.07) is 7.52. The first-order valence-corrected chi connectivity index (χ1v) is 10.3. The topological polar surface area (TPSA) is 54.0 Å². The molecule has 1 aliphatic heterocycles. The molecule has 1 aromatic rings. The number of hydrogen-bond acceptors (Lipinski definition) is 5. The minimum Gasteiger partial charge on any atom is -0.491 e. The van der Waals surface area contributed by atoms with Gasteiger partial charge in [0, 0.05) is 32.7 Å². The SMILES string of the molecule is CCCCCCCOc1ccccc1NC(=O)OCCN1CCN(C)CC1. The number of nitrogens with zero attached hydrogens (tertiary/aromatic N) is 2. The largest absolute Gasteiger partial charge is 0.491 e. The first-order chi connectivity index (χ1) is 13.2. The van der Waals surface area contributed by atoms with Crippen molar-refractivity contribution < 1.29 is 14.3 Å². The molecule has 152 valence electrons. The summed E-state index contributed by atoms with van der Waals surface area (Å²) in [5.74, 6) is 0.698. The van der Waals surface area contributed by atoms with Gasteiger partial charge in [-0.05, 0) is 25.6 Å². The van der Waals surface area contributed by atoms with E-state index in [1.54, 1.807) is 0 Å². The maximum absolute atomic E-state index is 12.1. The van der Waals surface area contributed by atoms with Crippen LogP contribution >= 0.6 is 0 Å². The highest BCUT2D eigenvalue weighted by Gasteiger charge is 2.14. The van der Waals surface area contributed by atoms with Gasteiger partial charge in [-0.15, -0.1) is 0 Å². The molecule has 0 aromatic heterocycles. The molecule has 0 aliphatic carbocycles.